The number of fused-ring (bicyclic) bond motifs is 5. The Labute approximate surface area is 270 Å². The van der Waals surface area contributed by atoms with Gasteiger partial charge in [0.2, 0.25) is 5.60 Å². The van der Waals surface area contributed by atoms with E-state index in [1.54, 1.807) is 46.1 Å². The molecule has 10 heteroatoms. The van der Waals surface area contributed by atoms with Gasteiger partial charge in [0.05, 0.1) is 32.0 Å². The lowest BCUT2D eigenvalue weighted by atomic mass is 9.39. The summed E-state index contributed by atoms with van der Waals surface area (Å²) in [5.74, 6) is -4.17. The van der Waals surface area contributed by atoms with Gasteiger partial charge in [0.15, 0.2) is 11.9 Å². The predicted octanol–water partition coefficient (Wildman–Crippen LogP) is 5.99. The van der Waals surface area contributed by atoms with E-state index in [1.807, 2.05) is 20.8 Å². The van der Waals surface area contributed by atoms with Crippen LogP contribution in [0.5, 0.6) is 0 Å². The fourth-order valence-corrected chi connectivity index (χ4v) is 9.02. The molecular weight excluding hydrogens is 592 g/mol. The second-order valence-electron chi connectivity index (χ2n) is 14.8. The molecule has 5 rings (SSSR count). The Morgan fingerprint density at radius 2 is 1.83 bits per heavy atom. The van der Waals surface area contributed by atoms with Crippen LogP contribution in [0.1, 0.15) is 99.2 Å². The van der Waals surface area contributed by atoms with Crippen LogP contribution in [-0.4, -0.2) is 48.5 Å². The summed E-state index contributed by atoms with van der Waals surface area (Å²) in [4.78, 5) is 68.6. The van der Waals surface area contributed by atoms with E-state index in [-0.39, 0.29) is 31.0 Å². The molecule has 3 aliphatic carbocycles. The Balaban J connectivity index is 1.81. The Morgan fingerprint density at radius 1 is 1.13 bits per heavy atom. The number of carbonyl (C=O) groups is 5. The zero-order valence-electron chi connectivity index (χ0n) is 28.3. The molecule has 3 fully saturated rings. The molecule has 4 aliphatic rings. The molecule has 0 N–H and O–H groups in total. The van der Waals surface area contributed by atoms with E-state index >= 15 is 4.79 Å². The van der Waals surface area contributed by atoms with Crippen molar-refractivity contribution in [3.05, 3.63) is 47.0 Å². The molecule has 2 bridgehead atoms. The molecule has 1 aromatic rings. The quantitative estimate of drug-likeness (QED) is 0.152. The van der Waals surface area contributed by atoms with Crippen molar-refractivity contribution in [2.45, 2.75) is 105 Å². The number of carbonyl (C=O) groups excluding carboxylic acids is 5. The van der Waals surface area contributed by atoms with Crippen molar-refractivity contribution >= 4 is 29.7 Å². The predicted molar refractivity (Wildman–Crippen MR) is 165 cm³/mol. The summed E-state index contributed by atoms with van der Waals surface area (Å²) < 4.78 is 29.1. The van der Waals surface area contributed by atoms with Crippen molar-refractivity contribution in [3.63, 3.8) is 0 Å². The van der Waals surface area contributed by atoms with Crippen LogP contribution in [0.15, 0.2) is 45.8 Å². The van der Waals surface area contributed by atoms with Gasteiger partial charge in [0.25, 0.3) is 0 Å². The van der Waals surface area contributed by atoms with Crippen molar-refractivity contribution in [3.8, 4) is 0 Å². The topological polar surface area (TPSA) is 135 Å². The van der Waals surface area contributed by atoms with Crippen molar-refractivity contribution in [1.29, 1.82) is 0 Å². The minimum absolute atomic E-state index is 0.00234. The number of methoxy groups -OCH3 is 1. The Kier molecular flexibility index (Phi) is 8.44. The summed E-state index contributed by atoms with van der Waals surface area (Å²) in [6.45, 7) is 14.3. The third-order valence-electron chi connectivity index (χ3n) is 11.5. The molecule has 0 spiro atoms. The lowest BCUT2D eigenvalue weighted by molar-refractivity contribution is -0.244. The molecule has 1 aromatic heterocycles. The average molecular weight is 639 g/mol. The smallest absolute Gasteiger partial charge is 0.333 e. The number of ether oxygens (including phenoxy) is 4. The molecule has 0 aromatic carbocycles. The Bertz CT molecular complexity index is 1510. The minimum Gasteiger partial charge on any atom is -0.472 e. The van der Waals surface area contributed by atoms with Gasteiger partial charge in [-0.05, 0) is 50.2 Å². The highest BCUT2D eigenvalue weighted by atomic mass is 16.6. The molecule has 7 atom stereocenters. The largest absolute Gasteiger partial charge is 0.472 e. The van der Waals surface area contributed by atoms with Crippen LogP contribution in [0.3, 0.4) is 0 Å². The van der Waals surface area contributed by atoms with Crippen LogP contribution in [-0.2, 0) is 42.9 Å². The molecule has 1 aliphatic heterocycles. The summed E-state index contributed by atoms with van der Waals surface area (Å²) in [5.41, 5.74) is -2.09. The Morgan fingerprint density at radius 3 is 2.41 bits per heavy atom. The molecule has 250 valence electrons. The van der Waals surface area contributed by atoms with Gasteiger partial charge >= 0.3 is 23.9 Å². The van der Waals surface area contributed by atoms with Crippen LogP contribution in [0, 0.1) is 34.0 Å². The summed E-state index contributed by atoms with van der Waals surface area (Å²) >= 11 is 0. The van der Waals surface area contributed by atoms with Crippen LogP contribution in [0.25, 0.3) is 0 Å². The van der Waals surface area contributed by atoms with E-state index < -0.39 is 69.8 Å². The van der Waals surface area contributed by atoms with Gasteiger partial charge in [-0.25, -0.2) is 4.79 Å². The second-order valence-corrected chi connectivity index (χ2v) is 14.8. The molecule has 10 nitrogen and oxygen atoms in total. The standard InChI is InChI=1S/C36H46O10/c1-10-20(4)30(40)45-32-33(5,6)25(16-26(37)42-9)35(8)23-11-13-34(7)24(15-27(38)44-28(34)21-12-14-43-18-21)22(23)17-36(32,31(35)41)46-29(39)19(2)3/h10,12,14,18-19,23,25,28,32H,11,13,15-17H2,1-9H3/b20-10+/t23-,25-,28-,32+,34+,35+,36-/m0/s1. The second kappa shape index (κ2) is 11.5. The highest BCUT2D eigenvalue weighted by molar-refractivity contribution is 6.00. The first-order valence-electron chi connectivity index (χ1n) is 16.1. The number of furan rings is 1. The van der Waals surface area contributed by atoms with E-state index in [9.17, 15) is 19.2 Å². The summed E-state index contributed by atoms with van der Waals surface area (Å²) in [7, 11) is 1.30. The number of rotatable bonds is 7. The third kappa shape index (κ3) is 4.85. The maximum atomic E-state index is 15.3. The normalized spacial score (nSPS) is 35.1. The minimum atomic E-state index is -1.90. The molecule has 2 heterocycles. The van der Waals surface area contributed by atoms with Crippen LogP contribution >= 0.6 is 0 Å². The molecule has 0 radical (unpaired) electrons. The molecule has 0 unspecified atom stereocenters. The number of cyclic esters (lactones) is 1. The van der Waals surface area contributed by atoms with Crippen molar-refractivity contribution < 1.29 is 47.3 Å². The highest BCUT2D eigenvalue weighted by Gasteiger charge is 2.76. The number of allylic oxidation sites excluding steroid dienone is 1. The highest BCUT2D eigenvalue weighted by Crippen LogP contribution is 2.69. The zero-order chi connectivity index (χ0) is 34.0. The van der Waals surface area contributed by atoms with Crippen molar-refractivity contribution in [2.75, 3.05) is 7.11 Å². The van der Waals surface area contributed by atoms with E-state index in [1.165, 1.54) is 13.4 Å². The van der Waals surface area contributed by atoms with Gasteiger partial charge in [-0.3, -0.25) is 19.2 Å². The first-order chi connectivity index (χ1) is 21.5. The van der Waals surface area contributed by atoms with Crippen LogP contribution in [0.2, 0.25) is 0 Å². The lowest BCUT2D eigenvalue weighted by Gasteiger charge is -2.66. The summed E-state index contributed by atoms with van der Waals surface area (Å²) in [6, 6.07) is 1.78. The summed E-state index contributed by atoms with van der Waals surface area (Å²) in [5, 5.41) is 0. The average Bonchev–Trinajstić information content (AvgIpc) is 3.54. The maximum Gasteiger partial charge on any atom is 0.333 e. The van der Waals surface area contributed by atoms with Crippen molar-refractivity contribution in [1.82, 2.24) is 0 Å². The van der Waals surface area contributed by atoms with E-state index in [4.69, 9.17) is 23.4 Å². The Hall–Kier alpha value is -3.69. The fraction of sp³-hybridized carbons (Fsp3) is 0.639. The lowest BCUT2D eigenvalue weighted by Crippen LogP contribution is -2.76. The SMILES string of the molecule is C/C=C(\C)C(=O)O[C@@H]1C(C)(C)[C@H](CC(=O)OC)[C@]2(C)C(=O)[C@@]1(OC(=O)C(C)C)CC1=C3CC(=O)O[C@@H](c4ccoc4)[C@]3(C)CC[C@@H]12. The van der Waals surface area contributed by atoms with Crippen molar-refractivity contribution in [2.24, 2.45) is 34.0 Å². The summed E-state index contributed by atoms with van der Waals surface area (Å²) in [6.07, 6.45) is 3.86. The van der Waals surface area contributed by atoms with Gasteiger partial charge < -0.3 is 23.4 Å². The van der Waals surface area contributed by atoms with Crippen LogP contribution < -0.4 is 0 Å². The number of Topliss-reactive ketones (excluding diaryl/α,β-unsaturated/α-hetero) is 1. The van der Waals surface area contributed by atoms with Gasteiger partial charge in [-0.1, -0.05) is 53.2 Å². The maximum absolute atomic E-state index is 15.3. The fourth-order valence-electron chi connectivity index (χ4n) is 9.02. The van der Waals surface area contributed by atoms with Gasteiger partial charge in [0.1, 0.15) is 6.10 Å². The van der Waals surface area contributed by atoms with Gasteiger partial charge in [0, 0.05) is 40.2 Å². The number of esters is 4. The van der Waals surface area contributed by atoms with Gasteiger partial charge in [-0.15, -0.1) is 0 Å². The molecule has 1 saturated heterocycles. The number of ketones is 1. The zero-order valence-corrected chi connectivity index (χ0v) is 28.3. The molecular formula is C36H46O10. The van der Waals surface area contributed by atoms with Gasteiger partial charge in [-0.2, -0.15) is 0 Å². The first kappa shape index (κ1) is 33.7. The molecule has 2 saturated carbocycles. The number of hydrogen-bond donors (Lipinski definition) is 0. The number of hydrogen-bond acceptors (Lipinski definition) is 10. The van der Waals surface area contributed by atoms with E-state index in [0.29, 0.717) is 18.4 Å². The van der Waals surface area contributed by atoms with E-state index in [0.717, 1.165) is 16.7 Å². The van der Waals surface area contributed by atoms with E-state index in [2.05, 4.69) is 6.92 Å². The first-order valence-corrected chi connectivity index (χ1v) is 16.1. The third-order valence-corrected chi connectivity index (χ3v) is 11.5. The van der Waals surface area contributed by atoms with Crippen LogP contribution in [0.4, 0.5) is 0 Å². The molecule has 46 heavy (non-hydrogen) atoms. The molecule has 0 amide bonds. The monoisotopic (exact) mass is 638 g/mol.